The van der Waals surface area contributed by atoms with Gasteiger partial charge in [0.25, 0.3) is 0 Å². The number of pyridine rings is 1. The fraction of sp³-hybridized carbons (Fsp3) is 0.333. The number of carboxylic acids is 1. The van der Waals surface area contributed by atoms with E-state index in [9.17, 15) is 9.90 Å². The number of rotatable bonds is 5. The van der Waals surface area contributed by atoms with Gasteiger partial charge in [-0.15, -0.1) is 0 Å². The van der Waals surface area contributed by atoms with Gasteiger partial charge < -0.3 is 15.2 Å². The smallest absolute Gasteiger partial charge is 0.336 e. The Morgan fingerprint density at radius 3 is 2.75 bits per heavy atom. The number of fused-ring (bicyclic) bond motifs is 1. The summed E-state index contributed by atoms with van der Waals surface area (Å²) in [7, 11) is 1.64. The zero-order chi connectivity index (χ0) is 14.8. The second-order valence-electron chi connectivity index (χ2n) is 5.19. The molecule has 1 aromatic carbocycles. The van der Waals surface area contributed by atoms with E-state index in [1.54, 1.807) is 31.4 Å². The lowest BCUT2D eigenvalue weighted by atomic mass is 10.1. The van der Waals surface area contributed by atoms with Gasteiger partial charge in [-0.05, 0) is 26.0 Å². The summed E-state index contributed by atoms with van der Waals surface area (Å²) < 4.78 is 5.32. The average Bonchev–Trinajstić information content (AvgIpc) is 2.44. The standard InChI is InChI=1S/C15H18N2O3/c1-15(2,20-3)9-16-13-8-11(14(18)19)10-6-4-5-7-12(10)17-13/h4-8H,9H2,1-3H3,(H,16,17)(H,18,19). The van der Waals surface area contributed by atoms with Gasteiger partial charge in [0.15, 0.2) is 0 Å². The second-order valence-corrected chi connectivity index (χ2v) is 5.19. The van der Waals surface area contributed by atoms with Crippen molar-refractivity contribution in [2.24, 2.45) is 0 Å². The molecule has 2 aromatic rings. The highest BCUT2D eigenvalue weighted by Gasteiger charge is 2.17. The van der Waals surface area contributed by atoms with Gasteiger partial charge in [0.1, 0.15) is 5.82 Å². The number of methoxy groups -OCH3 is 1. The fourth-order valence-corrected chi connectivity index (χ4v) is 1.82. The molecule has 0 aliphatic heterocycles. The molecule has 0 atom stereocenters. The first kappa shape index (κ1) is 14.3. The van der Waals surface area contributed by atoms with Gasteiger partial charge in [-0.25, -0.2) is 9.78 Å². The highest BCUT2D eigenvalue weighted by atomic mass is 16.5. The predicted octanol–water partition coefficient (Wildman–Crippen LogP) is 2.77. The minimum Gasteiger partial charge on any atom is -0.478 e. The van der Waals surface area contributed by atoms with Gasteiger partial charge in [0.2, 0.25) is 0 Å². The third kappa shape index (κ3) is 3.05. The number of hydrogen-bond donors (Lipinski definition) is 2. The summed E-state index contributed by atoms with van der Waals surface area (Å²) in [6, 6.07) is 8.75. The molecule has 5 heteroatoms. The van der Waals surface area contributed by atoms with Crippen LogP contribution in [0, 0.1) is 0 Å². The van der Waals surface area contributed by atoms with E-state index in [1.807, 2.05) is 19.9 Å². The summed E-state index contributed by atoms with van der Waals surface area (Å²) >= 11 is 0. The van der Waals surface area contributed by atoms with E-state index < -0.39 is 5.97 Å². The largest absolute Gasteiger partial charge is 0.478 e. The van der Waals surface area contributed by atoms with Crippen molar-refractivity contribution in [3.63, 3.8) is 0 Å². The van der Waals surface area contributed by atoms with Crippen molar-refractivity contribution >= 4 is 22.7 Å². The molecule has 20 heavy (non-hydrogen) atoms. The minimum absolute atomic E-state index is 0.244. The summed E-state index contributed by atoms with van der Waals surface area (Å²) in [4.78, 5) is 15.8. The van der Waals surface area contributed by atoms with E-state index >= 15 is 0 Å². The number of aromatic nitrogens is 1. The Kier molecular flexibility index (Phi) is 3.90. The molecule has 0 saturated heterocycles. The summed E-state index contributed by atoms with van der Waals surface area (Å²) in [5.41, 5.74) is 0.551. The lowest BCUT2D eigenvalue weighted by Crippen LogP contribution is -2.32. The Morgan fingerprint density at radius 1 is 1.40 bits per heavy atom. The Labute approximate surface area is 117 Å². The zero-order valence-electron chi connectivity index (χ0n) is 11.8. The lowest BCUT2D eigenvalue weighted by molar-refractivity contribution is 0.0343. The van der Waals surface area contributed by atoms with Crippen molar-refractivity contribution in [3.8, 4) is 0 Å². The monoisotopic (exact) mass is 274 g/mol. The molecule has 0 unspecified atom stereocenters. The van der Waals surface area contributed by atoms with Crippen LogP contribution in [0.3, 0.4) is 0 Å². The van der Waals surface area contributed by atoms with Crippen molar-refractivity contribution in [3.05, 3.63) is 35.9 Å². The number of benzene rings is 1. The molecule has 1 heterocycles. The van der Waals surface area contributed by atoms with E-state index in [-0.39, 0.29) is 11.2 Å². The molecule has 2 rings (SSSR count). The summed E-state index contributed by atoms with van der Waals surface area (Å²) in [6.45, 7) is 4.42. The maximum Gasteiger partial charge on any atom is 0.336 e. The van der Waals surface area contributed by atoms with Gasteiger partial charge in [-0.1, -0.05) is 18.2 Å². The third-order valence-electron chi connectivity index (χ3n) is 3.19. The first-order valence-electron chi connectivity index (χ1n) is 6.35. The highest BCUT2D eigenvalue weighted by Crippen LogP contribution is 2.21. The number of carbonyl (C=O) groups is 1. The van der Waals surface area contributed by atoms with Gasteiger partial charge in [-0.3, -0.25) is 0 Å². The van der Waals surface area contributed by atoms with Crippen LogP contribution in [0.25, 0.3) is 10.9 Å². The molecule has 0 fully saturated rings. The maximum atomic E-state index is 11.3. The molecule has 0 spiro atoms. The van der Waals surface area contributed by atoms with Crippen molar-refractivity contribution in [2.75, 3.05) is 19.0 Å². The van der Waals surface area contributed by atoms with Crippen LogP contribution in [-0.2, 0) is 4.74 Å². The van der Waals surface area contributed by atoms with E-state index in [0.717, 1.165) is 0 Å². The van der Waals surface area contributed by atoms with Crippen LogP contribution in [0.15, 0.2) is 30.3 Å². The van der Waals surface area contributed by atoms with Crippen LogP contribution >= 0.6 is 0 Å². The number of nitrogens with zero attached hydrogens (tertiary/aromatic N) is 1. The number of ether oxygens (including phenoxy) is 1. The van der Waals surface area contributed by atoms with Gasteiger partial charge in [0.05, 0.1) is 16.7 Å². The molecule has 2 N–H and O–H groups in total. The lowest BCUT2D eigenvalue weighted by Gasteiger charge is -2.23. The normalized spacial score (nSPS) is 11.6. The SMILES string of the molecule is COC(C)(C)CNc1cc(C(=O)O)c2ccccc2n1. The quantitative estimate of drug-likeness (QED) is 0.877. The maximum absolute atomic E-state index is 11.3. The molecule has 0 saturated carbocycles. The Morgan fingerprint density at radius 2 is 2.10 bits per heavy atom. The molecule has 0 amide bonds. The van der Waals surface area contributed by atoms with E-state index in [4.69, 9.17) is 4.74 Å². The number of anilines is 1. The number of carboxylic acid groups (broad SMARTS) is 1. The Balaban J connectivity index is 2.38. The van der Waals surface area contributed by atoms with Crippen LogP contribution in [-0.4, -0.2) is 35.3 Å². The molecule has 0 aliphatic rings. The molecule has 0 radical (unpaired) electrons. The number of hydrogen-bond acceptors (Lipinski definition) is 4. The van der Waals surface area contributed by atoms with Crippen molar-refractivity contribution in [1.82, 2.24) is 4.98 Å². The summed E-state index contributed by atoms with van der Waals surface area (Å²) in [5, 5.41) is 13.1. The zero-order valence-corrected chi connectivity index (χ0v) is 11.8. The van der Waals surface area contributed by atoms with Gasteiger partial charge in [-0.2, -0.15) is 0 Å². The number of aromatic carboxylic acids is 1. The topological polar surface area (TPSA) is 71.5 Å². The minimum atomic E-state index is -0.961. The number of nitrogens with one attached hydrogen (secondary N) is 1. The van der Waals surface area contributed by atoms with E-state index in [1.165, 1.54) is 0 Å². The average molecular weight is 274 g/mol. The highest BCUT2D eigenvalue weighted by molar-refractivity contribution is 6.03. The second kappa shape index (κ2) is 5.46. The molecular weight excluding hydrogens is 256 g/mol. The molecule has 0 bridgehead atoms. The van der Waals surface area contributed by atoms with E-state index in [0.29, 0.717) is 23.3 Å². The number of para-hydroxylation sites is 1. The third-order valence-corrected chi connectivity index (χ3v) is 3.19. The van der Waals surface area contributed by atoms with Crippen molar-refractivity contribution in [1.29, 1.82) is 0 Å². The van der Waals surface area contributed by atoms with Crippen LogP contribution in [0.5, 0.6) is 0 Å². The predicted molar refractivity (Wildman–Crippen MR) is 78.3 cm³/mol. The van der Waals surface area contributed by atoms with Gasteiger partial charge in [0, 0.05) is 19.0 Å². The van der Waals surface area contributed by atoms with Crippen LogP contribution in [0.4, 0.5) is 5.82 Å². The molecule has 1 aromatic heterocycles. The molecule has 106 valence electrons. The van der Waals surface area contributed by atoms with Crippen LogP contribution < -0.4 is 5.32 Å². The Hall–Kier alpha value is -2.14. The molecule has 0 aliphatic carbocycles. The van der Waals surface area contributed by atoms with Crippen LogP contribution in [0.2, 0.25) is 0 Å². The first-order chi connectivity index (χ1) is 9.43. The molecule has 5 nitrogen and oxygen atoms in total. The van der Waals surface area contributed by atoms with Crippen LogP contribution in [0.1, 0.15) is 24.2 Å². The first-order valence-corrected chi connectivity index (χ1v) is 6.35. The summed E-state index contributed by atoms with van der Waals surface area (Å²) in [5.74, 6) is -0.427. The van der Waals surface area contributed by atoms with Gasteiger partial charge >= 0.3 is 5.97 Å². The summed E-state index contributed by atoms with van der Waals surface area (Å²) in [6.07, 6.45) is 0. The van der Waals surface area contributed by atoms with Crippen molar-refractivity contribution in [2.45, 2.75) is 19.4 Å². The molecular formula is C15H18N2O3. The van der Waals surface area contributed by atoms with E-state index in [2.05, 4.69) is 10.3 Å². The fourth-order valence-electron chi connectivity index (χ4n) is 1.82. The Bertz CT molecular complexity index is 638. The van der Waals surface area contributed by atoms with Crippen molar-refractivity contribution < 1.29 is 14.6 Å².